The van der Waals surface area contributed by atoms with E-state index in [1.165, 1.54) is 18.3 Å². The summed E-state index contributed by atoms with van der Waals surface area (Å²) in [5.41, 5.74) is 0.644. The molecule has 0 bridgehead atoms. The highest BCUT2D eigenvalue weighted by Crippen LogP contribution is 2.12. The Hall–Kier alpha value is -2.90. The number of nitrogens with one attached hydrogen (secondary N) is 2. The topological polar surface area (TPSA) is 117 Å². The molecule has 3 N–H and O–H groups in total. The van der Waals surface area contributed by atoms with Crippen LogP contribution in [0, 0.1) is 13.8 Å². The summed E-state index contributed by atoms with van der Waals surface area (Å²) in [4.78, 5) is 30.5. The smallest absolute Gasteiger partial charge is 0.356 e. The standard InChI is InChI=1S/C13H14N4O4/c1-7-8(2)21-10(16-7)6-15-13(20)17-9-4-3-5-14-11(9)12(18)19/h3-5H,6H2,1-2H3,(H,18,19)(H2,15,17,20). The van der Waals surface area contributed by atoms with Crippen molar-refractivity contribution in [1.82, 2.24) is 15.3 Å². The Bertz CT molecular complexity index is 661. The summed E-state index contributed by atoms with van der Waals surface area (Å²) >= 11 is 0. The summed E-state index contributed by atoms with van der Waals surface area (Å²) in [5, 5.41) is 13.9. The van der Waals surface area contributed by atoms with Crippen LogP contribution in [0.4, 0.5) is 10.5 Å². The van der Waals surface area contributed by atoms with Gasteiger partial charge in [0.25, 0.3) is 0 Å². The van der Waals surface area contributed by atoms with Gasteiger partial charge in [-0.3, -0.25) is 0 Å². The number of aryl methyl sites for hydroxylation is 2. The van der Waals surface area contributed by atoms with Gasteiger partial charge in [0.15, 0.2) is 5.69 Å². The number of hydrogen-bond donors (Lipinski definition) is 3. The predicted octanol–water partition coefficient (Wildman–Crippen LogP) is 1.71. The largest absolute Gasteiger partial charge is 0.476 e. The fourth-order valence-electron chi connectivity index (χ4n) is 1.61. The van der Waals surface area contributed by atoms with Crippen molar-refractivity contribution < 1.29 is 19.1 Å². The number of carboxylic acid groups (broad SMARTS) is 1. The number of nitrogens with zero attached hydrogens (tertiary/aromatic N) is 2. The molecule has 0 saturated heterocycles. The van der Waals surface area contributed by atoms with E-state index in [0.717, 1.165) is 5.69 Å². The lowest BCUT2D eigenvalue weighted by molar-refractivity contribution is 0.0691. The van der Waals surface area contributed by atoms with Gasteiger partial charge in [0, 0.05) is 6.20 Å². The number of oxazole rings is 1. The first-order valence-corrected chi connectivity index (χ1v) is 6.13. The third kappa shape index (κ3) is 3.56. The number of hydrogen-bond acceptors (Lipinski definition) is 5. The van der Waals surface area contributed by atoms with Gasteiger partial charge in [-0.25, -0.2) is 19.6 Å². The van der Waals surface area contributed by atoms with Crippen molar-refractivity contribution in [1.29, 1.82) is 0 Å². The van der Waals surface area contributed by atoms with Gasteiger partial charge < -0.3 is 20.2 Å². The van der Waals surface area contributed by atoms with Crippen LogP contribution in [-0.4, -0.2) is 27.1 Å². The van der Waals surface area contributed by atoms with Gasteiger partial charge in [0.2, 0.25) is 5.89 Å². The minimum Gasteiger partial charge on any atom is -0.476 e. The molecule has 110 valence electrons. The van der Waals surface area contributed by atoms with Crippen LogP contribution >= 0.6 is 0 Å². The number of pyridine rings is 1. The maximum absolute atomic E-state index is 11.7. The summed E-state index contributed by atoms with van der Waals surface area (Å²) in [6, 6.07) is 2.41. The molecule has 21 heavy (non-hydrogen) atoms. The van der Waals surface area contributed by atoms with Crippen LogP contribution in [0.15, 0.2) is 22.7 Å². The molecular weight excluding hydrogens is 276 g/mol. The second-order valence-electron chi connectivity index (χ2n) is 4.26. The van der Waals surface area contributed by atoms with Crippen LogP contribution in [0.2, 0.25) is 0 Å². The molecule has 2 aromatic rings. The van der Waals surface area contributed by atoms with Crippen molar-refractivity contribution >= 4 is 17.7 Å². The summed E-state index contributed by atoms with van der Waals surface area (Å²) in [5.74, 6) is -0.151. The first-order chi connectivity index (χ1) is 9.97. The molecule has 0 radical (unpaired) electrons. The van der Waals surface area contributed by atoms with Crippen molar-refractivity contribution in [2.45, 2.75) is 20.4 Å². The van der Waals surface area contributed by atoms with Crippen molar-refractivity contribution in [2.24, 2.45) is 0 Å². The average molecular weight is 290 g/mol. The number of carbonyl (C=O) groups excluding carboxylic acids is 1. The lowest BCUT2D eigenvalue weighted by Gasteiger charge is -2.07. The Kier molecular flexibility index (Phi) is 4.17. The third-order valence-corrected chi connectivity index (χ3v) is 2.73. The van der Waals surface area contributed by atoms with E-state index < -0.39 is 12.0 Å². The van der Waals surface area contributed by atoms with Gasteiger partial charge in [-0.05, 0) is 26.0 Å². The van der Waals surface area contributed by atoms with Crippen molar-refractivity contribution in [2.75, 3.05) is 5.32 Å². The van der Waals surface area contributed by atoms with E-state index in [9.17, 15) is 9.59 Å². The number of aromatic carboxylic acids is 1. The van der Waals surface area contributed by atoms with E-state index in [1.54, 1.807) is 13.8 Å². The Balaban J connectivity index is 1.97. The minimum absolute atomic E-state index is 0.100. The van der Waals surface area contributed by atoms with Crippen molar-refractivity contribution in [3.63, 3.8) is 0 Å². The first kappa shape index (κ1) is 14.5. The molecule has 0 saturated carbocycles. The summed E-state index contributed by atoms with van der Waals surface area (Å²) in [6.45, 7) is 3.68. The van der Waals surface area contributed by atoms with Gasteiger partial charge in [-0.1, -0.05) is 0 Å². The molecule has 8 heteroatoms. The van der Waals surface area contributed by atoms with Crippen LogP contribution in [-0.2, 0) is 6.54 Å². The van der Waals surface area contributed by atoms with E-state index in [2.05, 4.69) is 20.6 Å². The maximum Gasteiger partial charge on any atom is 0.356 e. The second kappa shape index (κ2) is 6.04. The van der Waals surface area contributed by atoms with Crippen molar-refractivity contribution in [3.05, 3.63) is 41.4 Å². The van der Waals surface area contributed by atoms with Gasteiger partial charge >= 0.3 is 12.0 Å². The molecular formula is C13H14N4O4. The zero-order chi connectivity index (χ0) is 15.4. The molecule has 2 heterocycles. The summed E-state index contributed by atoms with van der Waals surface area (Å²) < 4.78 is 5.32. The molecule has 2 aromatic heterocycles. The molecule has 0 unspecified atom stereocenters. The molecule has 0 aromatic carbocycles. The third-order valence-electron chi connectivity index (χ3n) is 2.73. The monoisotopic (exact) mass is 290 g/mol. The highest BCUT2D eigenvalue weighted by Gasteiger charge is 2.13. The zero-order valence-corrected chi connectivity index (χ0v) is 11.5. The second-order valence-corrected chi connectivity index (χ2v) is 4.26. The number of aromatic nitrogens is 2. The fourth-order valence-corrected chi connectivity index (χ4v) is 1.61. The van der Waals surface area contributed by atoms with Crippen LogP contribution in [0.5, 0.6) is 0 Å². The van der Waals surface area contributed by atoms with Gasteiger partial charge in [-0.15, -0.1) is 0 Å². The first-order valence-electron chi connectivity index (χ1n) is 6.13. The van der Waals surface area contributed by atoms with Crippen LogP contribution in [0.25, 0.3) is 0 Å². The number of urea groups is 1. The van der Waals surface area contributed by atoms with E-state index in [1.807, 2.05) is 0 Å². The molecule has 0 aliphatic rings. The quantitative estimate of drug-likeness (QED) is 0.789. The van der Waals surface area contributed by atoms with E-state index in [0.29, 0.717) is 11.7 Å². The lowest BCUT2D eigenvalue weighted by atomic mass is 10.3. The van der Waals surface area contributed by atoms with Crippen LogP contribution < -0.4 is 10.6 Å². The van der Waals surface area contributed by atoms with Crippen molar-refractivity contribution in [3.8, 4) is 0 Å². The van der Waals surface area contributed by atoms with E-state index in [4.69, 9.17) is 9.52 Å². The predicted molar refractivity (Wildman–Crippen MR) is 73.0 cm³/mol. The molecule has 8 nitrogen and oxygen atoms in total. The minimum atomic E-state index is -1.22. The Morgan fingerprint density at radius 3 is 2.76 bits per heavy atom. The number of carboxylic acids is 1. The molecule has 0 spiro atoms. The summed E-state index contributed by atoms with van der Waals surface area (Å²) in [7, 11) is 0. The van der Waals surface area contributed by atoms with E-state index >= 15 is 0 Å². The number of rotatable bonds is 4. The van der Waals surface area contributed by atoms with Gasteiger partial charge in [0.1, 0.15) is 5.76 Å². The van der Waals surface area contributed by atoms with Crippen LogP contribution in [0.1, 0.15) is 27.8 Å². The zero-order valence-electron chi connectivity index (χ0n) is 11.5. The molecule has 0 atom stereocenters. The lowest BCUT2D eigenvalue weighted by Crippen LogP contribution is -2.29. The number of amides is 2. The normalized spacial score (nSPS) is 10.2. The number of anilines is 1. The molecule has 0 aliphatic heterocycles. The Labute approximate surface area is 120 Å². The maximum atomic E-state index is 11.7. The SMILES string of the molecule is Cc1nc(CNC(=O)Nc2cccnc2C(=O)O)oc1C. The fraction of sp³-hybridized carbons (Fsp3) is 0.231. The number of carbonyl (C=O) groups is 2. The highest BCUT2D eigenvalue weighted by atomic mass is 16.4. The van der Waals surface area contributed by atoms with Gasteiger partial charge in [0.05, 0.1) is 17.9 Å². The molecule has 0 fully saturated rings. The van der Waals surface area contributed by atoms with E-state index in [-0.39, 0.29) is 17.9 Å². The van der Waals surface area contributed by atoms with Gasteiger partial charge in [-0.2, -0.15) is 0 Å². The Morgan fingerprint density at radius 1 is 1.38 bits per heavy atom. The average Bonchev–Trinajstić information content (AvgIpc) is 2.76. The summed E-state index contributed by atoms with van der Waals surface area (Å²) in [6.07, 6.45) is 1.34. The molecule has 2 rings (SSSR count). The highest BCUT2D eigenvalue weighted by molar-refractivity contribution is 5.98. The Morgan fingerprint density at radius 2 is 2.14 bits per heavy atom. The molecule has 2 amide bonds. The molecule has 0 aliphatic carbocycles. The van der Waals surface area contributed by atoms with Crippen LogP contribution in [0.3, 0.4) is 0 Å².